The lowest BCUT2D eigenvalue weighted by Gasteiger charge is -2.01. The molecule has 0 N–H and O–H groups in total. The van der Waals surface area contributed by atoms with Gasteiger partial charge < -0.3 is 0 Å². The summed E-state index contributed by atoms with van der Waals surface area (Å²) in [6, 6.07) is 0. The monoisotopic (exact) mass is 140 g/mol. The SMILES string of the molecule is C/C=C/[C@@H](C)CC(=O)CC. The molecule has 0 rings (SSSR count). The van der Waals surface area contributed by atoms with Crippen LogP contribution in [0.1, 0.15) is 33.6 Å². The molecule has 0 aromatic heterocycles. The van der Waals surface area contributed by atoms with Crippen molar-refractivity contribution >= 4 is 5.78 Å². The number of hydrogen-bond donors (Lipinski definition) is 0. The second kappa shape index (κ2) is 5.21. The Labute approximate surface area is 63.1 Å². The zero-order chi connectivity index (χ0) is 7.98. The fraction of sp³-hybridized carbons (Fsp3) is 0.667. The van der Waals surface area contributed by atoms with E-state index >= 15 is 0 Å². The second-order valence-electron chi connectivity index (χ2n) is 2.60. The zero-order valence-corrected chi connectivity index (χ0v) is 7.05. The first-order chi connectivity index (χ1) is 4.70. The Balaban J connectivity index is 3.57. The number of Topliss-reactive ketones (excluding diaryl/α,β-unsaturated/α-hetero) is 1. The number of carbonyl (C=O) groups excluding carboxylic acids is 1. The summed E-state index contributed by atoms with van der Waals surface area (Å²) in [5.74, 6) is 0.767. The highest BCUT2D eigenvalue weighted by molar-refractivity contribution is 5.78. The van der Waals surface area contributed by atoms with E-state index in [2.05, 4.69) is 13.0 Å². The van der Waals surface area contributed by atoms with Crippen LogP contribution in [0.15, 0.2) is 12.2 Å². The summed E-state index contributed by atoms with van der Waals surface area (Å²) in [4.78, 5) is 10.9. The van der Waals surface area contributed by atoms with Crippen molar-refractivity contribution in [2.45, 2.75) is 33.6 Å². The molecule has 1 atom stereocenters. The smallest absolute Gasteiger partial charge is 0.133 e. The predicted molar refractivity (Wildman–Crippen MR) is 43.9 cm³/mol. The van der Waals surface area contributed by atoms with Gasteiger partial charge in [0.15, 0.2) is 0 Å². The van der Waals surface area contributed by atoms with Crippen LogP contribution in [0, 0.1) is 5.92 Å². The quantitative estimate of drug-likeness (QED) is 0.548. The van der Waals surface area contributed by atoms with E-state index in [1.54, 1.807) is 0 Å². The van der Waals surface area contributed by atoms with Crippen LogP contribution < -0.4 is 0 Å². The molecule has 0 radical (unpaired) electrons. The van der Waals surface area contributed by atoms with Gasteiger partial charge in [-0.05, 0) is 12.8 Å². The highest BCUT2D eigenvalue weighted by Gasteiger charge is 2.02. The largest absolute Gasteiger partial charge is 0.300 e. The van der Waals surface area contributed by atoms with Crippen molar-refractivity contribution < 1.29 is 4.79 Å². The average molecular weight is 140 g/mol. The van der Waals surface area contributed by atoms with Crippen molar-refractivity contribution in [1.29, 1.82) is 0 Å². The molecule has 0 aliphatic heterocycles. The molecule has 0 saturated carbocycles. The minimum absolute atomic E-state index is 0.352. The lowest BCUT2D eigenvalue weighted by Crippen LogP contribution is -2.01. The Hall–Kier alpha value is -0.590. The van der Waals surface area contributed by atoms with Gasteiger partial charge in [0.2, 0.25) is 0 Å². The fourth-order valence-corrected chi connectivity index (χ4v) is 0.900. The summed E-state index contributed by atoms with van der Waals surface area (Å²) in [5.41, 5.74) is 0. The maximum absolute atomic E-state index is 10.9. The molecule has 10 heavy (non-hydrogen) atoms. The Kier molecular flexibility index (Phi) is 4.91. The maximum Gasteiger partial charge on any atom is 0.133 e. The second-order valence-corrected chi connectivity index (χ2v) is 2.60. The normalized spacial score (nSPS) is 13.9. The van der Waals surface area contributed by atoms with Crippen LogP contribution in [0.4, 0.5) is 0 Å². The first-order valence-corrected chi connectivity index (χ1v) is 3.85. The van der Waals surface area contributed by atoms with Crippen LogP contribution in [-0.2, 0) is 4.79 Å². The van der Waals surface area contributed by atoms with Crippen LogP contribution in [0.3, 0.4) is 0 Å². The number of rotatable bonds is 4. The van der Waals surface area contributed by atoms with Gasteiger partial charge in [-0.1, -0.05) is 26.0 Å². The van der Waals surface area contributed by atoms with Gasteiger partial charge in [-0.15, -0.1) is 0 Å². The van der Waals surface area contributed by atoms with E-state index < -0.39 is 0 Å². The minimum atomic E-state index is 0.352. The van der Waals surface area contributed by atoms with Gasteiger partial charge in [-0.25, -0.2) is 0 Å². The third-order valence-electron chi connectivity index (χ3n) is 1.46. The van der Waals surface area contributed by atoms with E-state index in [0.29, 0.717) is 24.5 Å². The van der Waals surface area contributed by atoms with Crippen molar-refractivity contribution in [3.63, 3.8) is 0 Å². The van der Waals surface area contributed by atoms with Gasteiger partial charge in [0.1, 0.15) is 5.78 Å². The number of carbonyl (C=O) groups is 1. The maximum atomic E-state index is 10.9. The molecule has 0 bridgehead atoms. The van der Waals surface area contributed by atoms with Crippen molar-refractivity contribution in [1.82, 2.24) is 0 Å². The summed E-state index contributed by atoms with van der Waals surface area (Å²) < 4.78 is 0. The molecule has 1 nitrogen and oxygen atoms in total. The van der Waals surface area contributed by atoms with Crippen molar-refractivity contribution in [3.8, 4) is 0 Å². The first kappa shape index (κ1) is 9.41. The lowest BCUT2D eigenvalue weighted by molar-refractivity contribution is -0.119. The summed E-state index contributed by atoms with van der Waals surface area (Å²) in [7, 11) is 0. The standard InChI is InChI=1S/C9H16O/c1-4-6-8(3)7-9(10)5-2/h4,6,8H,5,7H2,1-3H3/b6-4+/t8-/m1/s1. The zero-order valence-electron chi connectivity index (χ0n) is 7.05. The van der Waals surface area contributed by atoms with Gasteiger partial charge in [0.05, 0.1) is 0 Å². The summed E-state index contributed by atoms with van der Waals surface area (Å²) in [6.07, 6.45) is 5.42. The van der Waals surface area contributed by atoms with Crippen molar-refractivity contribution in [3.05, 3.63) is 12.2 Å². The average Bonchev–Trinajstić information content (AvgIpc) is 1.88. The number of allylic oxidation sites excluding steroid dienone is 2. The first-order valence-electron chi connectivity index (χ1n) is 3.85. The van der Waals surface area contributed by atoms with E-state index in [4.69, 9.17) is 0 Å². The van der Waals surface area contributed by atoms with Crippen LogP contribution in [0.2, 0.25) is 0 Å². The molecular formula is C9H16O. The molecule has 0 spiro atoms. The molecule has 0 aromatic carbocycles. The molecule has 0 unspecified atom stereocenters. The molecule has 58 valence electrons. The van der Waals surface area contributed by atoms with Crippen LogP contribution >= 0.6 is 0 Å². The molecule has 0 aliphatic rings. The molecule has 1 heteroatoms. The Bertz CT molecular complexity index is 125. The number of hydrogen-bond acceptors (Lipinski definition) is 1. The number of ketones is 1. The summed E-state index contributed by atoms with van der Waals surface area (Å²) >= 11 is 0. The van der Waals surface area contributed by atoms with Gasteiger partial charge in [-0.2, -0.15) is 0 Å². The van der Waals surface area contributed by atoms with Gasteiger partial charge in [0, 0.05) is 12.8 Å². The topological polar surface area (TPSA) is 17.1 Å². The highest BCUT2D eigenvalue weighted by atomic mass is 16.1. The van der Waals surface area contributed by atoms with E-state index in [9.17, 15) is 4.79 Å². The summed E-state index contributed by atoms with van der Waals surface area (Å²) in [6.45, 7) is 5.95. The Morgan fingerprint density at radius 1 is 1.60 bits per heavy atom. The molecule has 0 fully saturated rings. The van der Waals surface area contributed by atoms with E-state index in [-0.39, 0.29) is 0 Å². The Morgan fingerprint density at radius 3 is 2.60 bits per heavy atom. The molecule has 0 heterocycles. The molecular weight excluding hydrogens is 124 g/mol. The lowest BCUT2D eigenvalue weighted by atomic mass is 10.0. The van der Waals surface area contributed by atoms with Gasteiger partial charge in [-0.3, -0.25) is 4.79 Å². The molecule has 0 amide bonds. The predicted octanol–water partition coefficient (Wildman–Crippen LogP) is 2.57. The van der Waals surface area contributed by atoms with Crippen molar-refractivity contribution in [2.75, 3.05) is 0 Å². The summed E-state index contributed by atoms with van der Waals surface area (Å²) in [5, 5.41) is 0. The molecule has 0 aliphatic carbocycles. The van der Waals surface area contributed by atoms with E-state index in [1.165, 1.54) is 0 Å². The van der Waals surface area contributed by atoms with Gasteiger partial charge >= 0.3 is 0 Å². The van der Waals surface area contributed by atoms with Gasteiger partial charge in [0.25, 0.3) is 0 Å². The Morgan fingerprint density at radius 2 is 2.20 bits per heavy atom. The minimum Gasteiger partial charge on any atom is -0.300 e. The molecule has 0 saturated heterocycles. The van der Waals surface area contributed by atoms with Crippen LogP contribution in [-0.4, -0.2) is 5.78 Å². The molecule has 0 aromatic rings. The highest BCUT2D eigenvalue weighted by Crippen LogP contribution is 2.05. The third kappa shape index (κ3) is 4.30. The van der Waals surface area contributed by atoms with Crippen LogP contribution in [0.25, 0.3) is 0 Å². The van der Waals surface area contributed by atoms with Crippen LogP contribution in [0.5, 0.6) is 0 Å². The van der Waals surface area contributed by atoms with Crippen molar-refractivity contribution in [2.24, 2.45) is 5.92 Å². The fourth-order valence-electron chi connectivity index (χ4n) is 0.900. The third-order valence-corrected chi connectivity index (χ3v) is 1.46. The van der Waals surface area contributed by atoms with E-state index in [1.807, 2.05) is 19.9 Å². The van der Waals surface area contributed by atoms with E-state index in [0.717, 1.165) is 0 Å².